The number of aliphatic imine (C=N–C) groups is 1. The van der Waals surface area contributed by atoms with Gasteiger partial charge in [0, 0.05) is 33.6 Å². The number of hydrogen-bond donors (Lipinski definition) is 0. The van der Waals surface area contributed by atoms with E-state index in [-0.39, 0.29) is 0 Å². The Morgan fingerprint density at radius 2 is 1.72 bits per heavy atom. The first kappa shape index (κ1) is 16.1. The summed E-state index contributed by atoms with van der Waals surface area (Å²) >= 11 is 0. The van der Waals surface area contributed by atoms with E-state index in [4.69, 9.17) is 14.5 Å². The second-order valence-electron chi connectivity index (χ2n) is 7.17. The predicted molar refractivity (Wildman–Crippen MR) is 109 cm³/mol. The number of pyridine rings is 1. The lowest BCUT2D eigenvalue weighted by molar-refractivity contribution is 0.412. The fourth-order valence-corrected chi connectivity index (χ4v) is 4.09. The topological polar surface area (TPSA) is 76.5 Å². The Labute approximate surface area is 165 Å². The molecule has 0 fully saturated rings. The summed E-state index contributed by atoms with van der Waals surface area (Å²) in [5.74, 6) is 0.944. The molecular weight excluding hydrogens is 362 g/mol. The van der Waals surface area contributed by atoms with Crippen LogP contribution in [-0.4, -0.2) is 20.8 Å². The summed E-state index contributed by atoms with van der Waals surface area (Å²) < 4.78 is 5.54. The van der Waals surface area contributed by atoms with Crippen molar-refractivity contribution >= 4 is 22.7 Å². The van der Waals surface area contributed by atoms with E-state index in [1.165, 1.54) is 0 Å². The fourth-order valence-electron chi connectivity index (χ4n) is 4.09. The van der Waals surface area contributed by atoms with E-state index >= 15 is 0 Å². The molecule has 0 saturated carbocycles. The first-order valence-corrected chi connectivity index (χ1v) is 9.37. The highest BCUT2D eigenvalue weighted by atomic mass is 16.5. The molecule has 6 rings (SSSR count). The molecule has 0 saturated heterocycles. The van der Waals surface area contributed by atoms with Crippen LogP contribution in [0.5, 0.6) is 0 Å². The van der Waals surface area contributed by atoms with E-state index < -0.39 is 0 Å². The third-order valence-electron chi connectivity index (χ3n) is 5.48. The average molecular weight is 377 g/mol. The highest BCUT2D eigenvalue weighted by Gasteiger charge is 2.24. The Morgan fingerprint density at radius 1 is 0.897 bits per heavy atom. The molecule has 0 spiro atoms. The number of para-hydroxylation sites is 1. The van der Waals surface area contributed by atoms with Crippen molar-refractivity contribution in [3.63, 3.8) is 0 Å². The van der Waals surface area contributed by atoms with Crippen molar-refractivity contribution in [1.29, 1.82) is 0 Å². The Hall–Kier alpha value is -3.93. The third-order valence-corrected chi connectivity index (χ3v) is 5.48. The lowest BCUT2D eigenvalue weighted by Gasteiger charge is -2.02. The predicted octanol–water partition coefficient (Wildman–Crippen LogP) is 3.30. The van der Waals surface area contributed by atoms with Gasteiger partial charge in [-0.05, 0) is 49.2 Å². The molecule has 0 unspecified atom stereocenters. The van der Waals surface area contributed by atoms with E-state index in [1.807, 2.05) is 37.3 Å². The Balaban J connectivity index is 1.55. The molecule has 2 aliphatic rings. The summed E-state index contributed by atoms with van der Waals surface area (Å²) in [5.41, 5.74) is 5.66. The fraction of sp³-hybridized carbons (Fsp3) is 0.0870. The molecule has 0 aliphatic carbocycles. The van der Waals surface area contributed by atoms with Crippen molar-refractivity contribution in [2.24, 2.45) is 9.98 Å². The van der Waals surface area contributed by atoms with Gasteiger partial charge in [0.1, 0.15) is 5.71 Å². The molecule has 2 aliphatic heterocycles. The van der Waals surface area contributed by atoms with Crippen LogP contribution in [0, 0.1) is 17.4 Å². The standard InChI is InChI=1S/C23H15N5O/c1-12-19-13(2)21(23-27-22(28-29-23)14-7-9-24-10-8-14)26-18(19)11-16-15-5-3-4-6-17(15)25-20(12)16/h3-11H,1-2H3. The lowest BCUT2D eigenvalue weighted by Crippen LogP contribution is -2.10. The van der Waals surface area contributed by atoms with Crippen LogP contribution in [0.25, 0.3) is 17.0 Å². The van der Waals surface area contributed by atoms with E-state index in [2.05, 4.69) is 34.2 Å². The van der Waals surface area contributed by atoms with Crippen LogP contribution in [0.2, 0.25) is 0 Å². The van der Waals surface area contributed by atoms with Crippen LogP contribution in [0.4, 0.5) is 11.4 Å². The Morgan fingerprint density at radius 3 is 2.59 bits per heavy atom. The number of benzene rings is 2. The molecule has 0 amide bonds. The third kappa shape index (κ3) is 2.26. The second-order valence-corrected chi connectivity index (χ2v) is 7.17. The number of rotatable bonds is 2. The van der Waals surface area contributed by atoms with Gasteiger partial charge in [-0.25, -0.2) is 9.98 Å². The summed E-state index contributed by atoms with van der Waals surface area (Å²) in [6, 6.07) is 14.0. The van der Waals surface area contributed by atoms with E-state index in [0.717, 1.165) is 49.1 Å². The number of nitrogens with zero attached hydrogens (tertiary/aromatic N) is 5. The molecule has 0 N–H and O–H groups in total. The minimum atomic E-state index is 0.419. The number of aromatic nitrogens is 3. The molecular formula is C23H15N5O. The minimum Gasteiger partial charge on any atom is -0.332 e. The van der Waals surface area contributed by atoms with Crippen LogP contribution >= 0.6 is 0 Å². The van der Waals surface area contributed by atoms with Gasteiger partial charge in [-0.3, -0.25) is 4.98 Å². The molecule has 2 aromatic carbocycles. The minimum absolute atomic E-state index is 0.419. The molecule has 6 heteroatoms. The van der Waals surface area contributed by atoms with Gasteiger partial charge in [0.2, 0.25) is 5.82 Å². The van der Waals surface area contributed by atoms with Crippen molar-refractivity contribution in [1.82, 2.24) is 15.1 Å². The smallest absolute Gasteiger partial charge is 0.277 e. The number of fused-ring (bicyclic) bond motifs is 3. The van der Waals surface area contributed by atoms with Crippen molar-refractivity contribution in [2.75, 3.05) is 0 Å². The van der Waals surface area contributed by atoms with Crippen LogP contribution in [0.3, 0.4) is 0 Å². The van der Waals surface area contributed by atoms with Gasteiger partial charge in [0.15, 0.2) is 0 Å². The maximum absolute atomic E-state index is 5.54. The highest BCUT2D eigenvalue weighted by molar-refractivity contribution is 6.28. The van der Waals surface area contributed by atoms with Gasteiger partial charge in [-0.1, -0.05) is 23.4 Å². The van der Waals surface area contributed by atoms with Gasteiger partial charge in [0.05, 0.1) is 16.7 Å². The molecule has 29 heavy (non-hydrogen) atoms. The quantitative estimate of drug-likeness (QED) is 0.473. The van der Waals surface area contributed by atoms with Gasteiger partial charge in [-0.15, -0.1) is 0 Å². The second kappa shape index (κ2) is 5.78. The zero-order valence-corrected chi connectivity index (χ0v) is 15.8. The summed E-state index contributed by atoms with van der Waals surface area (Å²) in [6.45, 7) is 4.15. The van der Waals surface area contributed by atoms with Gasteiger partial charge >= 0.3 is 0 Å². The van der Waals surface area contributed by atoms with Crippen LogP contribution in [0.1, 0.15) is 18.4 Å². The van der Waals surface area contributed by atoms with E-state index in [1.54, 1.807) is 12.4 Å². The zero-order chi connectivity index (χ0) is 19.5. The molecule has 4 heterocycles. The van der Waals surface area contributed by atoms with Gasteiger partial charge < -0.3 is 4.52 Å². The molecule has 0 bridgehead atoms. The van der Waals surface area contributed by atoms with Crippen LogP contribution in [0.15, 0.2) is 69.4 Å². The maximum Gasteiger partial charge on any atom is 0.277 e. The van der Waals surface area contributed by atoms with Crippen molar-refractivity contribution in [3.8, 4) is 11.4 Å². The molecule has 6 nitrogen and oxygen atoms in total. The van der Waals surface area contributed by atoms with Crippen LogP contribution in [-0.2, 0) is 0 Å². The lowest BCUT2D eigenvalue weighted by atomic mass is 10.0. The molecule has 0 atom stereocenters. The Kier molecular flexibility index (Phi) is 3.20. The van der Waals surface area contributed by atoms with E-state index in [9.17, 15) is 0 Å². The van der Waals surface area contributed by atoms with Crippen LogP contribution < -0.4 is 10.6 Å². The SMILES string of the molecule is CC1=c2c(cc3c(c2C)N=c2ccccc2=3)N=C1c1nc(-c2ccncc2)no1. The first-order chi connectivity index (χ1) is 14.2. The molecule has 2 aromatic heterocycles. The molecule has 0 radical (unpaired) electrons. The largest absolute Gasteiger partial charge is 0.332 e. The summed E-state index contributed by atoms with van der Waals surface area (Å²) in [5, 5.41) is 8.49. The summed E-state index contributed by atoms with van der Waals surface area (Å²) in [6.07, 6.45) is 3.41. The highest BCUT2D eigenvalue weighted by Crippen LogP contribution is 2.30. The molecule has 138 valence electrons. The summed E-state index contributed by atoms with van der Waals surface area (Å²) in [7, 11) is 0. The monoisotopic (exact) mass is 377 g/mol. The van der Waals surface area contributed by atoms with Crippen molar-refractivity contribution in [2.45, 2.75) is 13.8 Å². The number of hydrogen-bond acceptors (Lipinski definition) is 6. The molecule has 4 aromatic rings. The van der Waals surface area contributed by atoms with Crippen molar-refractivity contribution < 1.29 is 4.52 Å². The van der Waals surface area contributed by atoms with E-state index in [0.29, 0.717) is 17.4 Å². The first-order valence-electron chi connectivity index (χ1n) is 9.37. The normalized spacial score (nSPS) is 13.6. The maximum atomic E-state index is 5.54. The Bertz CT molecular complexity index is 1570. The zero-order valence-electron chi connectivity index (χ0n) is 15.8. The summed E-state index contributed by atoms with van der Waals surface area (Å²) in [4.78, 5) is 18.3. The average Bonchev–Trinajstić information content (AvgIpc) is 3.45. The van der Waals surface area contributed by atoms with Gasteiger partial charge in [-0.2, -0.15) is 4.98 Å². The van der Waals surface area contributed by atoms with Gasteiger partial charge in [0.25, 0.3) is 5.89 Å². The van der Waals surface area contributed by atoms with Crippen molar-refractivity contribution in [3.05, 3.63) is 87.3 Å².